The number of carbonyl (C=O) groups is 2. The smallest absolute Gasteiger partial charge is 0.338 e. The van der Waals surface area contributed by atoms with Crippen molar-refractivity contribution in [3.8, 4) is 11.5 Å². The summed E-state index contributed by atoms with van der Waals surface area (Å²) < 4.78 is 21.7. The Kier molecular flexibility index (Phi) is 7.69. The van der Waals surface area contributed by atoms with Crippen molar-refractivity contribution >= 4 is 29.2 Å². The summed E-state index contributed by atoms with van der Waals surface area (Å²) in [6.07, 6.45) is 0. The first-order chi connectivity index (χ1) is 14.9. The Morgan fingerprint density at radius 3 is 2.68 bits per heavy atom. The highest BCUT2D eigenvalue weighted by Crippen LogP contribution is 2.34. The molecule has 3 rings (SSSR count). The van der Waals surface area contributed by atoms with E-state index in [1.165, 1.54) is 7.11 Å². The molecule has 2 aliphatic rings. The number of nitrogens with one attached hydrogen (secondary N) is 2. The molecule has 0 saturated carbocycles. The zero-order valence-corrected chi connectivity index (χ0v) is 18.7. The van der Waals surface area contributed by atoms with E-state index in [2.05, 4.69) is 10.6 Å². The fourth-order valence-corrected chi connectivity index (χ4v) is 3.72. The fraction of sp³-hybridized carbons (Fsp3) is 0.476. The number of hydrogen-bond acceptors (Lipinski definition) is 7. The highest BCUT2D eigenvalue weighted by atomic mass is 32.1. The lowest BCUT2D eigenvalue weighted by Gasteiger charge is -2.30. The summed E-state index contributed by atoms with van der Waals surface area (Å²) in [6.45, 7) is 5.88. The molecule has 0 spiro atoms. The van der Waals surface area contributed by atoms with Gasteiger partial charge in [-0.2, -0.15) is 0 Å². The van der Waals surface area contributed by atoms with Crippen molar-refractivity contribution in [3.63, 3.8) is 0 Å². The summed E-state index contributed by atoms with van der Waals surface area (Å²) in [5, 5.41) is 6.48. The maximum atomic E-state index is 12.5. The molecule has 31 heavy (non-hydrogen) atoms. The van der Waals surface area contributed by atoms with Crippen molar-refractivity contribution in [1.29, 1.82) is 0 Å². The number of nitrogens with zero attached hydrogens (tertiary/aromatic N) is 1. The zero-order valence-electron chi connectivity index (χ0n) is 17.9. The average Bonchev–Trinajstić information content (AvgIpc) is 2.77. The molecule has 2 aliphatic heterocycles. The summed E-state index contributed by atoms with van der Waals surface area (Å²) in [6, 6.07) is 4.76. The molecule has 168 valence electrons. The molecule has 1 aromatic rings. The van der Waals surface area contributed by atoms with Crippen LogP contribution in [-0.2, 0) is 19.1 Å². The number of ether oxygens (including phenoxy) is 4. The summed E-state index contributed by atoms with van der Waals surface area (Å²) in [7, 11) is 1.52. The minimum Gasteiger partial charge on any atom is -0.493 e. The molecule has 0 radical (unpaired) electrons. The van der Waals surface area contributed by atoms with Crippen LogP contribution in [0.2, 0.25) is 0 Å². The van der Waals surface area contributed by atoms with E-state index >= 15 is 0 Å². The molecule has 1 fully saturated rings. The van der Waals surface area contributed by atoms with E-state index in [4.69, 9.17) is 31.2 Å². The first-order valence-corrected chi connectivity index (χ1v) is 10.5. The molecule has 0 unspecified atom stereocenters. The van der Waals surface area contributed by atoms with Crippen LogP contribution in [-0.4, -0.2) is 68.5 Å². The Morgan fingerprint density at radius 1 is 1.26 bits per heavy atom. The van der Waals surface area contributed by atoms with Gasteiger partial charge in [0, 0.05) is 18.8 Å². The van der Waals surface area contributed by atoms with E-state index in [1.54, 1.807) is 36.9 Å². The molecule has 0 aromatic heterocycles. The van der Waals surface area contributed by atoms with Crippen LogP contribution in [0.15, 0.2) is 29.5 Å². The number of allylic oxidation sites excluding steroid dienone is 1. The third kappa shape index (κ3) is 5.45. The Balaban J connectivity index is 1.79. The maximum absolute atomic E-state index is 12.5. The monoisotopic (exact) mass is 449 g/mol. The lowest BCUT2D eigenvalue weighted by atomic mass is 9.95. The highest BCUT2D eigenvalue weighted by molar-refractivity contribution is 7.80. The molecule has 1 aromatic carbocycles. The number of benzene rings is 1. The van der Waals surface area contributed by atoms with Gasteiger partial charge in [0.25, 0.3) is 5.91 Å². The third-order valence-corrected chi connectivity index (χ3v) is 5.22. The molecule has 0 aliphatic carbocycles. The number of rotatable bonds is 7. The molecule has 2 N–H and O–H groups in total. The molecule has 1 saturated heterocycles. The maximum Gasteiger partial charge on any atom is 0.338 e. The molecular formula is C21H27N3O6S. The van der Waals surface area contributed by atoms with Crippen LogP contribution in [0.5, 0.6) is 11.5 Å². The quantitative estimate of drug-likeness (QED) is 0.471. The van der Waals surface area contributed by atoms with Gasteiger partial charge in [-0.05, 0) is 43.8 Å². The summed E-state index contributed by atoms with van der Waals surface area (Å²) in [5.41, 5.74) is 1.81. The van der Waals surface area contributed by atoms with Gasteiger partial charge >= 0.3 is 5.97 Å². The number of hydrogen-bond donors (Lipinski definition) is 2. The van der Waals surface area contributed by atoms with Crippen LogP contribution in [0.4, 0.5) is 0 Å². The van der Waals surface area contributed by atoms with E-state index < -0.39 is 12.0 Å². The molecular weight excluding hydrogens is 422 g/mol. The predicted molar refractivity (Wildman–Crippen MR) is 117 cm³/mol. The van der Waals surface area contributed by atoms with Crippen molar-refractivity contribution in [2.24, 2.45) is 0 Å². The van der Waals surface area contributed by atoms with Crippen LogP contribution in [0, 0.1) is 0 Å². The zero-order chi connectivity index (χ0) is 22.4. The lowest BCUT2D eigenvalue weighted by Crippen LogP contribution is -2.45. The minimum atomic E-state index is -0.509. The van der Waals surface area contributed by atoms with Gasteiger partial charge in [0.15, 0.2) is 23.2 Å². The van der Waals surface area contributed by atoms with E-state index in [-0.39, 0.29) is 19.1 Å². The van der Waals surface area contributed by atoms with Gasteiger partial charge in [0.05, 0.1) is 38.5 Å². The fourth-order valence-electron chi connectivity index (χ4n) is 3.45. The van der Waals surface area contributed by atoms with E-state index in [0.717, 1.165) is 5.56 Å². The largest absolute Gasteiger partial charge is 0.493 e. The van der Waals surface area contributed by atoms with Gasteiger partial charge in [0.2, 0.25) is 0 Å². The van der Waals surface area contributed by atoms with Gasteiger partial charge in [-0.1, -0.05) is 6.07 Å². The van der Waals surface area contributed by atoms with Gasteiger partial charge in [-0.3, -0.25) is 4.79 Å². The average molecular weight is 450 g/mol. The minimum absolute atomic E-state index is 0.0987. The predicted octanol–water partition coefficient (Wildman–Crippen LogP) is 1.29. The normalized spacial score (nSPS) is 18.7. The van der Waals surface area contributed by atoms with Gasteiger partial charge in [-0.15, -0.1) is 0 Å². The molecule has 10 heteroatoms. The molecule has 1 atom stereocenters. The number of morpholine rings is 1. The second-order valence-corrected chi connectivity index (χ2v) is 7.39. The summed E-state index contributed by atoms with van der Waals surface area (Å²) in [4.78, 5) is 26.6. The topological polar surface area (TPSA) is 98.4 Å². The van der Waals surface area contributed by atoms with Crippen LogP contribution >= 0.6 is 12.2 Å². The standard InChI is InChI=1S/C21H27N3O6S/c1-4-29-20(26)18-13(2)22-21(31)23-19(18)14-5-6-15(16(11-14)27-3)30-12-17(25)24-7-9-28-10-8-24/h5-6,11,19H,4,7-10,12H2,1-3H3,(H2,22,23,31)/t19-/m0/s1. The Labute approximate surface area is 186 Å². The molecule has 9 nitrogen and oxygen atoms in total. The van der Waals surface area contributed by atoms with Gasteiger partial charge in [0.1, 0.15) is 0 Å². The van der Waals surface area contributed by atoms with Crippen LogP contribution in [0.1, 0.15) is 25.5 Å². The van der Waals surface area contributed by atoms with Crippen LogP contribution in [0.25, 0.3) is 0 Å². The number of amides is 1. The first-order valence-electron chi connectivity index (χ1n) is 10.1. The van der Waals surface area contributed by atoms with Gasteiger partial charge < -0.3 is 34.5 Å². The molecule has 2 heterocycles. The number of carbonyl (C=O) groups excluding carboxylic acids is 2. The second kappa shape index (κ2) is 10.5. The van der Waals surface area contributed by atoms with Crippen LogP contribution in [0.3, 0.4) is 0 Å². The van der Waals surface area contributed by atoms with E-state index in [9.17, 15) is 9.59 Å². The van der Waals surface area contributed by atoms with Crippen molar-refractivity contribution in [1.82, 2.24) is 15.5 Å². The first kappa shape index (κ1) is 22.8. The van der Waals surface area contributed by atoms with Crippen molar-refractivity contribution in [2.45, 2.75) is 19.9 Å². The summed E-state index contributed by atoms with van der Waals surface area (Å²) >= 11 is 5.27. The van der Waals surface area contributed by atoms with Crippen LogP contribution < -0.4 is 20.1 Å². The van der Waals surface area contributed by atoms with Crippen molar-refractivity contribution < 1.29 is 28.5 Å². The van der Waals surface area contributed by atoms with Crippen molar-refractivity contribution in [2.75, 3.05) is 46.6 Å². The Hall–Kier alpha value is -2.85. The number of esters is 1. The Morgan fingerprint density at radius 2 is 2.00 bits per heavy atom. The van der Waals surface area contributed by atoms with E-state index in [0.29, 0.717) is 54.2 Å². The summed E-state index contributed by atoms with van der Waals surface area (Å²) in [5.74, 6) is 0.341. The Bertz CT molecular complexity index is 882. The second-order valence-electron chi connectivity index (χ2n) is 6.98. The van der Waals surface area contributed by atoms with Gasteiger partial charge in [-0.25, -0.2) is 4.79 Å². The van der Waals surface area contributed by atoms with E-state index in [1.807, 2.05) is 0 Å². The molecule has 1 amide bonds. The lowest BCUT2D eigenvalue weighted by molar-refractivity contribution is -0.139. The number of thiocarbonyl (C=S) groups is 1. The third-order valence-electron chi connectivity index (χ3n) is 5.00. The highest BCUT2D eigenvalue weighted by Gasteiger charge is 2.31. The number of methoxy groups -OCH3 is 1. The van der Waals surface area contributed by atoms with Crippen molar-refractivity contribution in [3.05, 3.63) is 35.0 Å². The molecule has 0 bridgehead atoms. The SMILES string of the molecule is CCOC(=O)C1=C(C)NC(=S)N[C@H]1c1ccc(OCC(=O)N2CCOCC2)c(OC)c1.